The number of carboxylic acids is 1. The number of H-pyrrole nitrogens is 1. The van der Waals surface area contributed by atoms with Crippen molar-refractivity contribution in [2.75, 3.05) is 0 Å². The number of rotatable bonds is 13. The lowest BCUT2D eigenvalue weighted by Crippen LogP contribution is -2.54. The summed E-state index contributed by atoms with van der Waals surface area (Å²) in [5, 5.41) is 14.7. The molecule has 3 unspecified atom stereocenters. The van der Waals surface area contributed by atoms with Gasteiger partial charge in [-0.1, -0.05) is 56.3 Å². The van der Waals surface area contributed by atoms with Gasteiger partial charge in [0, 0.05) is 12.8 Å². The van der Waals surface area contributed by atoms with Crippen molar-refractivity contribution in [3.8, 4) is 0 Å². The van der Waals surface area contributed by atoms with Crippen LogP contribution in [0.3, 0.4) is 0 Å². The molecule has 12 nitrogen and oxygen atoms in total. The number of amides is 3. The number of nitrogens with zero attached hydrogens (tertiary/aromatic N) is 1. The largest absolute Gasteiger partial charge is 0.480 e. The smallest absolute Gasteiger partial charge is 0.329 e. The van der Waals surface area contributed by atoms with E-state index in [2.05, 4.69) is 15.6 Å². The second-order valence-corrected chi connectivity index (χ2v) is 9.95. The minimum atomic E-state index is -1.38. The number of primary amides is 1. The highest BCUT2D eigenvalue weighted by Crippen LogP contribution is 2.15. The Hall–Kier alpha value is -4.74. The van der Waals surface area contributed by atoms with E-state index in [9.17, 15) is 33.9 Å². The molecule has 1 heterocycles. The van der Waals surface area contributed by atoms with Crippen LogP contribution in [0.1, 0.15) is 44.7 Å². The molecular weight excluding hydrogens is 518 g/mol. The lowest BCUT2D eigenvalue weighted by Gasteiger charge is -2.25. The highest BCUT2D eigenvalue weighted by atomic mass is 16.4. The Bertz CT molecular complexity index is 1500. The minimum Gasteiger partial charge on any atom is -0.480 e. The van der Waals surface area contributed by atoms with Crippen LogP contribution in [0.5, 0.6) is 0 Å². The van der Waals surface area contributed by atoms with Gasteiger partial charge in [0.25, 0.3) is 5.56 Å². The molecule has 1 aromatic heterocycles. The van der Waals surface area contributed by atoms with Crippen LogP contribution in [0.4, 0.5) is 0 Å². The number of carboxylic acid groups (broad SMARTS) is 1. The molecule has 0 spiro atoms. The molecule has 0 saturated heterocycles. The minimum absolute atomic E-state index is 0.0539. The molecule has 3 aromatic rings. The number of hydrogen-bond donors (Lipinski definition) is 5. The summed E-state index contributed by atoms with van der Waals surface area (Å²) in [6, 6.07) is 11.1. The molecule has 0 aliphatic heterocycles. The zero-order valence-corrected chi connectivity index (χ0v) is 22.3. The van der Waals surface area contributed by atoms with Gasteiger partial charge in [-0.25, -0.2) is 14.2 Å². The van der Waals surface area contributed by atoms with Crippen LogP contribution in [0, 0.1) is 5.92 Å². The third-order valence-corrected chi connectivity index (χ3v) is 6.36. The number of fused-ring (bicyclic) bond motifs is 1. The molecule has 0 fully saturated rings. The predicted octanol–water partition coefficient (Wildman–Crippen LogP) is 0.839. The second kappa shape index (κ2) is 13.4. The number of benzene rings is 2. The summed E-state index contributed by atoms with van der Waals surface area (Å²) in [6.07, 6.45) is -0.429. The average Bonchev–Trinajstić information content (AvgIpc) is 2.90. The van der Waals surface area contributed by atoms with Gasteiger partial charge >= 0.3 is 11.7 Å². The number of nitrogens with one attached hydrogen (secondary N) is 3. The van der Waals surface area contributed by atoms with Gasteiger partial charge in [0.1, 0.15) is 18.1 Å². The van der Waals surface area contributed by atoms with Crippen molar-refractivity contribution in [3.05, 3.63) is 81.0 Å². The third-order valence-electron chi connectivity index (χ3n) is 6.36. The topological polar surface area (TPSA) is 193 Å². The second-order valence-electron chi connectivity index (χ2n) is 9.95. The highest BCUT2D eigenvalue weighted by molar-refractivity contribution is 5.92. The Morgan fingerprint density at radius 1 is 0.925 bits per heavy atom. The van der Waals surface area contributed by atoms with Crippen molar-refractivity contribution in [2.24, 2.45) is 11.7 Å². The number of aliphatic carboxylic acids is 1. The molecule has 212 valence electrons. The summed E-state index contributed by atoms with van der Waals surface area (Å²) >= 11 is 0. The molecule has 0 bridgehead atoms. The first kappa shape index (κ1) is 29.8. The lowest BCUT2D eigenvalue weighted by molar-refractivity contribution is -0.143. The molecule has 0 radical (unpaired) electrons. The number of hydrogen-bond acceptors (Lipinski definition) is 6. The molecule has 0 saturated carbocycles. The van der Waals surface area contributed by atoms with E-state index in [4.69, 9.17) is 5.73 Å². The number of aromatic amines is 1. The molecule has 0 aliphatic carbocycles. The van der Waals surface area contributed by atoms with E-state index < -0.39 is 53.1 Å². The maximum atomic E-state index is 13.7. The molecule has 12 heteroatoms. The first-order valence-electron chi connectivity index (χ1n) is 12.9. The van der Waals surface area contributed by atoms with Crippen LogP contribution < -0.4 is 27.6 Å². The van der Waals surface area contributed by atoms with Crippen molar-refractivity contribution in [1.82, 2.24) is 20.2 Å². The van der Waals surface area contributed by atoms with Crippen LogP contribution >= 0.6 is 0 Å². The molecule has 2 aromatic carbocycles. The van der Waals surface area contributed by atoms with E-state index in [1.165, 1.54) is 6.07 Å². The van der Waals surface area contributed by atoms with Crippen molar-refractivity contribution < 1.29 is 24.3 Å². The number of nitrogens with two attached hydrogens (primary N) is 1. The lowest BCUT2D eigenvalue weighted by atomic mass is 10.0. The molecule has 6 N–H and O–H groups in total. The van der Waals surface area contributed by atoms with Gasteiger partial charge in [0.2, 0.25) is 17.7 Å². The fourth-order valence-electron chi connectivity index (χ4n) is 4.39. The quantitative estimate of drug-likeness (QED) is 0.208. The van der Waals surface area contributed by atoms with Gasteiger partial charge in [-0.05, 0) is 36.5 Å². The van der Waals surface area contributed by atoms with Gasteiger partial charge in [-0.2, -0.15) is 0 Å². The monoisotopic (exact) mass is 551 g/mol. The fourth-order valence-corrected chi connectivity index (χ4v) is 4.39. The summed E-state index contributed by atoms with van der Waals surface area (Å²) in [4.78, 5) is 79.1. The van der Waals surface area contributed by atoms with Crippen LogP contribution in [-0.4, -0.2) is 50.4 Å². The summed E-state index contributed by atoms with van der Waals surface area (Å²) in [6.45, 7) is 3.59. The van der Waals surface area contributed by atoms with Crippen LogP contribution in [0.15, 0.2) is 64.2 Å². The number of aromatic nitrogens is 2. The summed E-state index contributed by atoms with van der Waals surface area (Å²) in [7, 11) is 0. The van der Waals surface area contributed by atoms with Gasteiger partial charge < -0.3 is 26.5 Å². The Balaban J connectivity index is 2.01. The standard InChI is InChI=1S/C28H33N5O7/c1-16(2)14-21(27(38)39)31-24(35)20(12-13-23(29)34)30-25(36)22(15-17-8-4-3-5-9-17)33-26(37)18-10-6-7-11-19(18)32-28(33)40/h3-11,16,20-22H,12-15H2,1-2H3,(H2,29,34)(H,30,36)(H,31,35)(H,32,40)(H,38,39). The fraction of sp³-hybridized carbons (Fsp3) is 0.357. The number of carbonyl (C=O) groups excluding carboxylic acids is 3. The first-order chi connectivity index (χ1) is 19.0. The number of carbonyl (C=O) groups is 4. The normalized spacial score (nSPS) is 13.4. The maximum Gasteiger partial charge on any atom is 0.329 e. The van der Waals surface area contributed by atoms with E-state index in [0.29, 0.717) is 11.1 Å². The Kier molecular flexibility index (Phi) is 9.96. The van der Waals surface area contributed by atoms with Gasteiger partial charge in [0.15, 0.2) is 0 Å². The Morgan fingerprint density at radius 3 is 2.17 bits per heavy atom. The number of para-hydroxylation sites is 1. The van der Waals surface area contributed by atoms with Crippen LogP contribution in [0.2, 0.25) is 0 Å². The van der Waals surface area contributed by atoms with E-state index in [-0.39, 0.29) is 37.0 Å². The van der Waals surface area contributed by atoms with Crippen LogP contribution in [-0.2, 0) is 25.6 Å². The summed E-state index contributed by atoms with van der Waals surface area (Å²) in [5.74, 6) is -3.71. The maximum absolute atomic E-state index is 13.7. The molecule has 0 aliphatic rings. The molecule has 3 atom stereocenters. The summed E-state index contributed by atoms with van der Waals surface area (Å²) in [5.41, 5.74) is 4.69. The van der Waals surface area contributed by atoms with Gasteiger partial charge in [-0.3, -0.25) is 19.2 Å². The summed E-state index contributed by atoms with van der Waals surface area (Å²) < 4.78 is 0.798. The Morgan fingerprint density at radius 2 is 1.55 bits per heavy atom. The average molecular weight is 552 g/mol. The SMILES string of the molecule is CC(C)CC(NC(=O)C(CCC(N)=O)NC(=O)C(Cc1ccccc1)n1c(=O)[nH]c2ccccc2c1=O)C(=O)O. The molecule has 3 rings (SSSR count). The van der Waals surface area contributed by atoms with Crippen molar-refractivity contribution >= 4 is 34.6 Å². The van der Waals surface area contributed by atoms with E-state index in [1.54, 1.807) is 62.4 Å². The Labute approximate surface area is 229 Å². The van der Waals surface area contributed by atoms with Gasteiger partial charge in [0.05, 0.1) is 10.9 Å². The zero-order chi connectivity index (χ0) is 29.4. The third kappa shape index (κ3) is 7.65. The van der Waals surface area contributed by atoms with E-state index in [1.807, 2.05) is 0 Å². The van der Waals surface area contributed by atoms with Crippen molar-refractivity contribution in [2.45, 2.75) is 57.7 Å². The van der Waals surface area contributed by atoms with Crippen LogP contribution in [0.25, 0.3) is 10.9 Å². The molecular formula is C28H33N5O7. The molecule has 40 heavy (non-hydrogen) atoms. The first-order valence-corrected chi connectivity index (χ1v) is 12.9. The van der Waals surface area contributed by atoms with Gasteiger partial charge in [-0.15, -0.1) is 0 Å². The van der Waals surface area contributed by atoms with E-state index >= 15 is 0 Å². The predicted molar refractivity (Wildman–Crippen MR) is 147 cm³/mol. The van der Waals surface area contributed by atoms with Crippen molar-refractivity contribution in [1.29, 1.82) is 0 Å². The molecule has 3 amide bonds. The zero-order valence-electron chi connectivity index (χ0n) is 22.3. The van der Waals surface area contributed by atoms with E-state index in [0.717, 1.165) is 4.57 Å². The van der Waals surface area contributed by atoms with Crippen molar-refractivity contribution in [3.63, 3.8) is 0 Å². The highest BCUT2D eigenvalue weighted by Gasteiger charge is 2.31.